The topological polar surface area (TPSA) is 108 Å². The maximum absolute atomic E-state index is 13.4. The highest BCUT2D eigenvalue weighted by atomic mass is 16.5. The molecule has 0 saturated heterocycles. The molecule has 0 aliphatic carbocycles. The minimum absolute atomic E-state index is 0.216. The molecular formula is C28H30N2O7. The number of furan rings is 1. The molecule has 0 radical (unpaired) electrons. The maximum atomic E-state index is 13.4. The molecule has 1 atom stereocenters. The van der Waals surface area contributed by atoms with E-state index in [0.29, 0.717) is 34.3 Å². The Kier molecular flexibility index (Phi) is 7.42. The highest BCUT2D eigenvalue weighted by Gasteiger charge is 2.27. The van der Waals surface area contributed by atoms with E-state index in [2.05, 4.69) is 10.6 Å². The number of hydrogen-bond acceptors (Lipinski definition) is 7. The molecule has 4 rings (SSSR count). The van der Waals surface area contributed by atoms with Gasteiger partial charge in [0.25, 0.3) is 5.91 Å². The second-order valence-electron chi connectivity index (χ2n) is 8.75. The summed E-state index contributed by atoms with van der Waals surface area (Å²) in [5, 5.41) is 7.54. The highest BCUT2D eigenvalue weighted by Crippen LogP contribution is 2.39. The van der Waals surface area contributed by atoms with Crippen molar-refractivity contribution in [1.29, 1.82) is 0 Å². The van der Waals surface area contributed by atoms with Crippen molar-refractivity contribution in [3.63, 3.8) is 0 Å². The molecular weight excluding hydrogens is 476 g/mol. The fraction of sp³-hybridized carbons (Fsp3) is 0.286. The van der Waals surface area contributed by atoms with E-state index in [0.717, 1.165) is 16.4 Å². The first kappa shape index (κ1) is 25.7. The van der Waals surface area contributed by atoms with Crippen molar-refractivity contribution in [2.75, 3.05) is 33.8 Å². The number of methoxy groups -OCH3 is 4. The van der Waals surface area contributed by atoms with Crippen molar-refractivity contribution in [1.82, 2.24) is 5.32 Å². The Bertz CT molecular complexity index is 1430. The minimum atomic E-state index is -0.845. The third-order valence-corrected chi connectivity index (χ3v) is 6.12. The van der Waals surface area contributed by atoms with Gasteiger partial charge in [0.15, 0.2) is 11.5 Å². The molecule has 0 bridgehead atoms. The van der Waals surface area contributed by atoms with Gasteiger partial charge < -0.3 is 34.0 Å². The van der Waals surface area contributed by atoms with Gasteiger partial charge in [-0.25, -0.2) is 0 Å². The number of benzene rings is 3. The SMILES string of the molecule is COc1cc2c(cc1NC(=O)[C@H](NC(=O)c1cc(OC)c(OC)c(OC)c1)C(C)C)oc1ccccc12. The lowest BCUT2D eigenvalue weighted by atomic mass is 10.0. The van der Waals surface area contributed by atoms with Gasteiger partial charge in [-0.05, 0) is 30.2 Å². The van der Waals surface area contributed by atoms with E-state index in [-0.39, 0.29) is 11.5 Å². The van der Waals surface area contributed by atoms with E-state index in [1.54, 1.807) is 6.07 Å². The highest BCUT2D eigenvalue weighted by molar-refractivity contribution is 6.08. The van der Waals surface area contributed by atoms with Crippen molar-refractivity contribution in [2.45, 2.75) is 19.9 Å². The molecule has 1 heterocycles. The predicted molar refractivity (Wildman–Crippen MR) is 141 cm³/mol. The van der Waals surface area contributed by atoms with Crippen LogP contribution in [0.1, 0.15) is 24.2 Å². The third-order valence-electron chi connectivity index (χ3n) is 6.12. The molecule has 1 aromatic heterocycles. The largest absolute Gasteiger partial charge is 0.495 e. The summed E-state index contributed by atoms with van der Waals surface area (Å²) in [6, 6.07) is 13.5. The number of carbonyl (C=O) groups excluding carboxylic acids is 2. The van der Waals surface area contributed by atoms with Crippen LogP contribution in [-0.4, -0.2) is 46.3 Å². The minimum Gasteiger partial charge on any atom is -0.495 e. The Hall–Kier alpha value is -4.40. The van der Waals surface area contributed by atoms with Crippen molar-refractivity contribution in [3.05, 3.63) is 54.1 Å². The smallest absolute Gasteiger partial charge is 0.252 e. The standard InChI is InChI=1S/C28H30N2O7/c1-15(2)25(30-27(31)16-11-23(34-4)26(36-6)24(12-16)35-5)28(32)29-19-14-21-18(13-22(19)33-3)17-9-7-8-10-20(17)37-21/h7-15,25H,1-6H3,(H,29,32)(H,30,31)/t25-/m1/s1. The number of carbonyl (C=O) groups is 2. The van der Waals surface area contributed by atoms with Gasteiger partial charge >= 0.3 is 0 Å². The zero-order valence-electron chi connectivity index (χ0n) is 21.6. The predicted octanol–water partition coefficient (Wildman–Crippen LogP) is 5.01. The van der Waals surface area contributed by atoms with Crippen molar-refractivity contribution < 1.29 is 33.0 Å². The van der Waals surface area contributed by atoms with Crippen LogP contribution in [0.15, 0.2) is 52.9 Å². The zero-order chi connectivity index (χ0) is 26.7. The van der Waals surface area contributed by atoms with E-state index in [1.165, 1.54) is 40.6 Å². The Labute approximate surface area is 214 Å². The van der Waals surface area contributed by atoms with Crippen LogP contribution in [0.25, 0.3) is 21.9 Å². The lowest BCUT2D eigenvalue weighted by molar-refractivity contribution is -0.118. The summed E-state index contributed by atoms with van der Waals surface area (Å²) in [4.78, 5) is 26.5. The summed E-state index contributed by atoms with van der Waals surface area (Å²) in [7, 11) is 5.95. The van der Waals surface area contributed by atoms with E-state index in [9.17, 15) is 9.59 Å². The fourth-order valence-electron chi connectivity index (χ4n) is 4.20. The second kappa shape index (κ2) is 10.7. The van der Waals surface area contributed by atoms with Crippen LogP contribution < -0.4 is 29.6 Å². The van der Waals surface area contributed by atoms with Crippen LogP contribution in [0.2, 0.25) is 0 Å². The average molecular weight is 507 g/mol. The molecule has 37 heavy (non-hydrogen) atoms. The Morgan fingerprint density at radius 1 is 0.784 bits per heavy atom. The molecule has 4 aromatic rings. The van der Waals surface area contributed by atoms with E-state index < -0.39 is 17.9 Å². The summed E-state index contributed by atoms with van der Waals surface area (Å²) in [5.41, 5.74) is 2.04. The van der Waals surface area contributed by atoms with Crippen LogP contribution in [0.4, 0.5) is 5.69 Å². The molecule has 0 aliphatic rings. The molecule has 9 nitrogen and oxygen atoms in total. The van der Waals surface area contributed by atoms with Gasteiger partial charge in [0, 0.05) is 22.4 Å². The first-order valence-electron chi connectivity index (χ1n) is 11.7. The van der Waals surface area contributed by atoms with Crippen molar-refractivity contribution >= 4 is 39.4 Å². The number of amides is 2. The van der Waals surface area contributed by atoms with Gasteiger partial charge in [-0.2, -0.15) is 0 Å². The van der Waals surface area contributed by atoms with E-state index >= 15 is 0 Å². The van der Waals surface area contributed by atoms with Gasteiger partial charge in [0.05, 0.1) is 34.1 Å². The normalized spacial score (nSPS) is 11.9. The van der Waals surface area contributed by atoms with E-state index in [1.807, 2.05) is 44.2 Å². The second-order valence-corrected chi connectivity index (χ2v) is 8.75. The van der Waals surface area contributed by atoms with Gasteiger partial charge in [-0.15, -0.1) is 0 Å². The molecule has 0 unspecified atom stereocenters. The average Bonchev–Trinajstić information content (AvgIpc) is 3.26. The van der Waals surface area contributed by atoms with Crippen LogP contribution in [-0.2, 0) is 4.79 Å². The Balaban J connectivity index is 1.61. The number of anilines is 1. The molecule has 0 fully saturated rings. The summed E-state index contributed by atoms with van der Waals surface area (Å²) >= 11 is 0. The summed E-state index contributed by atoms with van der Waals surface area (Å²) < 4.78 is 27.5. The molecule has 0 spiro atoms. The van der Waals surface area contributed by atoms with Crippen molar-refractivity contribution in [3.8, 4) is 23.0 Å². The Morgan fingerprint density at radius 2 is 1.43 bits per heavy atom. The van der Waals surface area contributed by atoms with Gasteiger partial charge in [0.2, 0.25) is 11.7 Å². The molecule has 2 N–H and O–H groups in total. The monoisotopic (exact) mass is 506 g/mol. The number of fused-ring (bicyclic) bond motifs is 3. The van der Waals surface area contributed by atoms with Gasteiger partial charge in [-0.3, -0.25) is 9.59 Å². The Morgan fingerprint density at radius 3 is 2.03 bits per heavy atom. The molecule has 0 saturated carbocycles. The maximum Gasteiger partial charge on any atom is 0.252 e. The first-order valence-corrected chi connectivity index (χ1v) is 11.7. The lowest BCUT2D eigenvalue weighted by Crippen LogP contribution is -2.47. The summed E-state index contributed by atoms with van der Waals surface area (Å²) in [6.45, 7) is 3.69. The number of ether oxygens (including phenoxy) is 4. The third kappa shape index (κ3) is 4.97. The molecule has 3 aromatic carbocycles. The van der Waals surface area contributed by atoms with Crippen LogP contribution in [0.5, 0.6) is 23.0 Å². The summed E-state index contributed by atoms with van der Waals surface area (Å²) in [5.74, 6) is 0.436. The molecule has 0 aliphatic heterocycles. The fourth-order valence-corrected chi connectivity index (χ4v) is 4.20. The van der Waals surface area contributed by atoms with Crippen LogP contribution >= 0.6 is 0 Å². The van der Waals surface area contributed by atoms with Gasteiger partial charge in [0.1, 0.15) is 23.0 Å². The summed E-state index contributed by atoms with van der Waals surface area (Å²) in [6.07, 6.45) is 0. The van der Waals surface area contributed by atoms with Gasteiger partial charge in [-0.1, -0.05) is 32.0 Å². The lowest BCUT2D eigenvalue weighted by Gasteiger charge is -2.23. The van der Waals surface area contributed by atoms with Crippen LogP contribution in [0.3, 0.4) is 0 Å². The quantitative estimate of drug-likeness (QED) is 0.328. The van der Waals surface area contributed by atoms with E-state index in [4.69, 9.17) is 23.4 Å². The number of hydrogen-bond donors (Lipinski definition) is 2. The number of rotatable bonds is 9. The van der Waals surface area contributed by atoms with Crippen LogP contribution in [0, 0.1) is 5.92 Å². The zero-order valence-corrected chi connectivity index (χ0v) is 21.6. The van der Waals surface area contributed by atoms with Crippen molar-refractivity contribution in [2.24, 2.45) is 5.92 Å². The molecule has 2 amide bonds. The molecule has 194 valence electrons. The number of para-hydroxylation sites is 1. The number of nitrogens with one attached hydrogen (secondary N) is 2. The first-order chi connectivity index (χ1) is 17.8. The molecule has 9 heteroatoms.